The van der Waals surface area contributed by atoms with Crippen molar-refractivity contribution >= 4 is 11.7 Å². The Labute approximate surface area is 110 Å². The van der Waals surface area contributed by atoms with Crippen molar-refractivity contribution in [2.75, 3.05) is 32.7 Å². The first-order valence-corrected chi connectivity index (χ1v) is 5.83. The van der Waals surface area contributed by atoms with Gasteiger partial charge in [-0.05, 0) is 0 Å². The summed E-state index contributed by atoms with van der Waals surface area (Å²) < 4.78 is 10.6. The highest BCUT2D eigenvalue weighted by Crippen LogP contribution is 2.17. The molecule has 2 heterocycles. The van der Waals surface area contributed by atoms with Crippen LogP contribution in [0.25, 0.3) is 0 Å². The molecule has 19 heavy (non-hydrogen) atoms. The summed E-state index contributed by atoms with van der Waals surface area (Å²) in [6.07, 6.45) is 2.56. The summed E-state index contributed by atoms with van der Waals surface area (Å²) in [6, 6.07) is 0. The molecule has 0 saturated carbocycles. The topological polar surface area (TPSA) is 103 Å². The number of anilines is 1. The number of nitrogens with zero attached hydrogens (tertiary/aromatic N) is 3. The van der Waals surface area contributed by atoms with Gasteiger partial charge in [0.2, 0.25) is 0 Å². The smallest absolute Gasteiger partial charge is 0.274 e. The zero-order valence-electron chi connectivity index (χ0n) is 10.9. The number of likely N-dealkylation sites (tertiary alicyclic amines) is 1. The number of amides is 1. The van der Waals surface area contributed by atoms with E-state index < -0.39 is 0 Å². The number of hydrazine groups is 1. The lowest BCUT2D eigenvalue weighted by Crippen LogP contribution is -2.30. The van der Waals surface area contributed by atoms with Crippen LogP contribution < -0.4 is 11.3 Å². The molecule has 104 valence electrons. The molecular weight excluding hydrogens is 250 g/mol. The van der Waals surface area contributed by atoms with Crippen LogP contribution in [0.1, 0.15) is 10.5 Å². The standard InChI is InChI=1S/C11H17N5O3/c1-18-8-5-16(6-9(8)19-2)11(17)7-3-14-10(15-12)4-13-7/h3-4,8-9H,5-6,12H2,1-2H3,(H,14,15). The summed E-state index contributed by atoms with van der Waals surface area (Å²) in [4.78, 5) is 21.8. The van der Waals surface area contributed by atoms with Gasteiger partial charge < -0.3 is 19.8 Å². The first-order chi connectivity index (χ1) is 9.19. The lowest BCUT2D eigenvalue weighted by atomic mass is 10.3. The van der Waals surface area contributed by atoms with Crippen molar-refractivity contribution < 1.29 is 14.3 Å². The van der Waals surface area contributed by atoms with Gasteiger partial charge in [0.1, 0.15) is 17.9 Å². The molecule has 1 aromatic rings. The van der Waals surface area contributed by atoms with Crippen LogP contribution >= 0.6 is 0 Å². The van der Waals surface area contributed by atoms with Crippen LogP contribution in [0.4, 0.5) is 5.82 Å². The van der Waals surface area contributed by atoms with E-state index in [2.05, 4.69) is 15.4 Å². The van der Waals surface area contributed by atoms with E-state index in [1.807, 2.05) is 0 Å². The van der Waals surface area contributed by atoms with E-state index >= 15 is 0 Å². The molecule has 8 nitrogen and oxygen atoms in total. The molecule has 1 aliphatic heterocycles. The third kappa shape index (κ3) is 2.80. The third-order valence-corrected chi connectivity index (χ3v) is 3.13. The van der Waals surface area contributed by atoms with Gasteiger partial charge in [-0.2, -0.15) is 0 Å². The van der Waals surface area contributed by atoms with Crippen molar-refractivity contribution in [3.05, 3.63) is 18.1 Å². The molecule has 2 atom stereocenters. The molecule has 3 N–H and O–H groups in total. The number of carbonyl (C=O) groups is 1. The Balaban J connectivity index is 2.07. The molecule has 2 unspecified atom stereocenters. The van der Waals surface area contributed by atoms with Crippen LogP contribution in [0.2, 0.25) is 0 Å². The maximum absolute atomic E-state index is 12.2. The van der Waals surface area contributed by atoms with Gasteiger partial charge in [0.05, 0.1) is 12.4 Å². The van der Waals surface area contributed by atoms with Gasteiger partial charge in [-0.1, -0.05) is 0 Å². The van der Waals surface area contributed by atoms with E-state index in [1.165, 1.54) is 12.4 Å². The molecule has 1 aromatic heterocycles. The normalized spacial score (nSPS) is 22.6. The van der Waals surface area contributed by atoms with Gasteiger partial charge in [0.15, 0.2) is 5.82 Å². The molecule has 1 fully saturated rings. The summed E-state index contributed by atoms with van der Waals surface area (Å²) >= 11 is 0. The molecule has 0 aliphatic carbocycles. The van der Waals surface area contributed by atoms with Crippen molar-refractivity contribution in [1.82, 2.24) is 14.9 Å². The molecule has 0 radical (unpaired) electrons. The average Bonchev–Trinajstić information content (AvgIpc) is 2.89. The number of hydrogen-bond donors (Lipinski definition) is 2. The molecule has 2 rings (SSSR count). The van der Waals surface area contributed by atoms with E-state index in [4.69, 9.17) is 15.3 Å². The van der Waals surface area contributed by atoms with E-state index in [0.717, 1.165) is 0 Å². The fourth-order valence-corrected chi connectivity index (χ4v) is 2.04. The first kappa shape index (κ1) is 13.7. The second-order valence-corrected chi connectivity index (χ2v) is 4.19. The lowest BCUT2D eigenvalue weighted by molar-refractivity contribution is -0.00461. The number of nitrogens with one attached hydrogen (secondary N) is 1. The Morgan fingerprint density at radius 3 is 2.37 bits per heavy atom. The van der Waals surface area contributed by atoms with Crippen LogP contribution in [-0.2, 0) is 9.47 Å². The molecular formula is C11H17N5O3. The Kier molecular flexibility index (Phi) is 4.25. The van der Waals surface area contributed by atoms with Crippen molar-refractivity contribution in [2.45, 2.75) is 12.2 Å². The Hall–Kier alpha value is -1.77. The SMILES string of the molecule is COC1CN(C(=O)c2cnc(NN)cn2)CC1OC. The largest absolute Gasteiger partial charge is 0.377 e. The van der Waals surface area contributed by atoms with Crippen LogP contribution in [-0.4, -0.2) is 60.3 Å². The van der Waals surface area contributed by atoms with Gasteiger partial charge >= 0.3 is 0 Å². The molecule has 1 amide bonds. The van der Waals surface area contributed by atoms with Gasteiger partial charge in [0.25, 0.3) is 5.91 Å². The molecule has 0 bridgehead atoms. The highest BCUT2D eigenvalue weighted by molar-refractivity contribution is 5.92. The van der Waals surface area contributed by atoms with E-state index in [9.17, 15) is 4.79 Å². The Morgan fingerprint density at radius 2 is 1.95 bits per heavy atom. The highest BCUT2D eigenvalue weighted by Gasteiger charge is 2.36. The van der Waals surface area contributed by atoms with E-state index in [1.54, 1.807) is 19.1 Å². The van der Waals surface area contributed by atoms with Crippen molar-refractivity contribution in [2.24, 2.45) is 5.84 Å². The van der Waals surface area contributed by atoms with Crippen molar-refractivity contribution in [3.63, 3.8) is 0 Å². The fraction of sp³-hybridized carbons (Fsp3) is 0.545. The minimum atomic E-state index is -0.197. The number of ether oxygens (including phenoxy) is 2. The molecule has 1 saturated heterocycles. The molecule has 0 spiro atoms. The number of rotatable bonds is 4. The van der Waals surface area contributed by atoms with Crippen molar-refractivity contribution in [3.8, 4) is 0 Å². The number of hydrogen-bond acceptors (Lipinski definition) is 7. The zero-order valence-corrected chi connectivity index (χ0v) is 10.9. The summed E-state index contributed by atoms with van der Waals surface area (Å²) in [7, 11) is 3.21. The number of methoxy groups -OCH3 is 2. The van der Waals surface area contributed by atoms with Gasteiger partial charge in [-0.15, -0.1) is 0 Å². The van der Waals surface area contributed by atoms with Gasteiger partial charge in [-0.25, -0.2) is 15.8 Å². The molecule has 1 aliphatic rings. The number of aromatic nitrogens is 2. The van der Waals surface area contributed by atoms with Crippen LogP contribution in [0, 0.1) is 0 Å². The fourth-order valence-electron chi connectivity index (χ4n) is 2.04. The van der Waals surface area contributed by atoms with Crippen molar-refractivity contribution in [1.29, 1.82) is 0 Å². The predicted octanol–water partition coefficient (Wildman–Crippen LogP) is -0.752. The summed E-state index contributed by atoms with van der Waals surface area (Å²) in [5.74, 6) is 5.40. The monoisotopic (exact) mass is 267 g/mol. The van der Waals surface area contributed by atoms with Crippen LogP contribution in [0.15, 0.2) is 12.4 Å². The minimum absolute atomic E-state index is 0.119. The summed E-state index contributed by atoms with van der Waals surface area (Å²) in [6.45, 7) is 0.957. The maximum atomic E-state index is 12.2. The lowest BCUT2D eigenvalue weighted by Gasteiger charge is -2.14. The van der Waals surface area contributed by atoms with E-state index in [-0.39, 0.29) is 23.8 Å². The third-order valence-electron chi connectivity index (χ3n) is 3.13. The van der Waals surface area contributed by atoms with Crippen LogP contribution in [0.5, 0.6) is 0 Å². The second-order valence-electron chi connectivity index (χ2n) is 4.19. The minimum Gasteiger partial charge on any atom is -0.377 e. The average molecular weight is 267 g/mol. The number of nitrogen functional groups attached to an aromatic ring is 1. The number of carbonyl (C=O) groups excluding carboxylic acids is 1. The van der Waals surface area contributed by atoms with Crippen LogP contribution in [0.3, 0.4) is 0 Å². The number of nitrogens with two attached hydrogens (primary N) is 1. The highest BCUT2D eigenvalue weighted by atomic mass is 16.5. The zero-order chi connectivity index (χ0) is 13.8. The molecule has 8 heteroatoms. The quantitative estimate of drug-likeness (QED) is 0.546. The Bertz CT molecular complexity index is 426. The maximum Gasteiger partial charge on any atom is 0.274 e. The van der Waals surface area contributed by atoms with Gasteiger partial charge in [-0.3, -0.25) is 4.79 Å². The first-order valence-electron chi connectivity index (χ1n) is 5.83. The molecule has 0 aromatic carbocycles. The predicted molar refractivity (Wildman–Crippen MR) is 67.3 cm³/mol. The summed E-state index contributed by atoms with van der Waals surface area (Å²) in [5, 5.41) is 0. The Morgan fingerprint density at radius 1 is 1.32 bits per heavy atom. The summed E-state index contributed by atoms with van der Waals surface area (Å²) in [5.41, 5.74) is 2.63. The van der Waals surface area contributed by atoms with Gasteiger partial charge in [0, 0.05) is 27.3 Å². The second kappa shape index (κ2) is 5.91. The van der Waals surface area contributed by atoms with E-state index in [0.29, 0.717) is 18.9 Å².